The summed E-state index contributed by atoms with van der Waals surface area (Å²) in [5, 5.41) is 22.6. The average molecular weight is 233 g/mol. The highest BCUT2D eigenvalue weighted by molar-refractivity contribution is 5.61. The van der Waals surface area contributed by atoms with E-state index in [2.05, 4.69) is 16.6 Å². The molecule has 0 amide bonds. The van der Waals surface area contributed by atoms with Crippen molar-refractivity contribution in [3.63, 3.8) is 0 Å². The van der Waals surface area contributed by atoms with Crippen LogP contribution < -0.4 is 0 Å². The maximum absolute atomic E-state index is 9.79. The van der Waals surface area contributed by atoms with E-state index in [4.69, 9.17) is 5.53 Å². The van der Waals surface area contributed by atoms with E-state index in [0.717, 1.165) is 11.1 Å². The lowest BCUT2D eigenvalue weighted by Gasteiger charge is -2.16. The van der Waals surface area contributed by atoms with Gasteiger partial charge in [0, 0.05) is 4.91 Å². The lowest BCUT2D eigenvalue weighted by Crippen LogP contribution is -2.21. The van der Waals surface area contributed by atoms with Crippen LogP contribution in [0.1, 0.15) is 24.2 Å². The molecule has 90 valence electrons. The summed E-state index contributed by atoms with van der Waals surface area (Å²) in [6, 6.07) is 7.07. The molecule has 0 fully saturated rings. The SMILES string of the molecule is C=C(C)c1ccc(C(O)C(O)CN=[N+]=[N-])cc1. The highest BCUT2D eigenvalue weighted by Crippen LogP contribution is 2.20. The van der Waals surface area contributed by atoms with Crippen LogP contribution in [0.25, 0.3) is 16.0 Å². The fourth-order valence-corrected chi connectivity index (χ4v) is 1.41. The van der Waals surface area contributed by atoms with Gasteiger partial charge in [-0.15, -0.1) is 0 Å². The molecule has 5 heteroatoms. The molecule has 0 aromatic heterocycles. The van der Waals surface area contributed by atoms with Crippen molar-refractivity contribution in [2.45, 2.75) is 19.1 Å². The highest BCUT2D eigenvalue weighted by Gasteiger charge is 2.17. The first-order valence-electron chi connectivity index (χ1n) is 5.19. The second kappa shape index (κ2) is 6.06. The summed E-state index contributed by atoms with van der Waals surface area (Å²) >= 11 is 0. The van der Waals surface area contributed by atoms with Crippen LogP contribution >= 0.6 is 0 Å². The van der Waals surface area contributed by atoms with E-state index in [1.807, 2.05) is 19.1 Å². The van der Waals surface area contributed by atoms with Crippen molar-refractivity contribution in [3.05, 3.63) is 52.4 Å². The highest BCUT2D eigenvalue weighted by atomic mass is 16.3. The van der Waals surface area contributed by atoms with E-state index in [1.165, 1.54) is 0 Å². The molecule has 5 nitrogen and oxygen atoms in total. The number of aliphatic hydroxyl groups excluding tert-OH is 2. The Bertz CT molecular complexity index is 436. The second-order valence-corrected chi connectivity index (χ2v) is 3.83. The predicted octanol–water partition coefficient (Wildman–Crippen LogP) is 2.42. The molecule has 2 unspecified atom stereocenters. The minimum absolute atomic E-state index is 0.153. The fourth-order valence-electron chi connectivity index (χ4n) is 1.41. The van der Waals surface area contributed by atoms with Gasteiger partial charge in [-0.2, -0.15) is 0 Å². The number of azide groups is 1. The monoisotopic (exact) mass is 233 g/mol. The third kappa shape index (κ3) is 3.60. The number of nitrogens with zero attached hydrogens (tertiary/aromatic N) is 3. The van der Waals surface area contributed by atoms with E-state index in [-0.39, 0.29) is 6.54 Å². The molecule has 0 saturated heterocycles. The number of aliphatic hydroxyl groups is 2. The maximum atomic E-state index is 9.79. The quantitative estimate of drug-likeness (QED) is 0.464. The minimum Gasteiger partial charge on any atom is -0.390 e. The molecule has 0 aliphatic heterocycles. The molecule has 17 heavy (non-hydrogen) atoms. The van der Waals surface area contributed by atoms with Crippen LogP contribution in [-0.4, -0.2) is 22.9 Å². The molecule has 2 N–H and O–H groups in total. The van der Waals surface area contributed by atoms with Gasteiger partial charge in [-0.1, -0.05) is 41.5 Å². The number of allylic oxidation sites excluding steroid dienone is 1. The zero-order chi connectivity index (χ0) is 12.8. The van der Waals surface area contributed by atoms with Crippen molar-refractivity contribution < 1.29 is 10.2 Å². The number of hydrogen-bond acceptors (Lipinski definition) is 3. The Hall–Kier alpha value is -1.81. The molecular formula is C12H15N3O2. The molecule has 1 rings (SSSR count). The van der Waals surface area contributed by atoms with Gasteiger partial charge in [0.1, 0.15) is 6.10 Å². The first-order chi connectivity index (χ1) is 8.06. The van der Waals surface area contributed by atoms with E-state index < -0.39 is 12.2 Å². The Balaban J connectivity index is 2.78. The second-order valence-electron chi connectivity index (χ2n) is 3.83. The summed E-state index contributed by atoms with van der Waals surface area (Å²) in [6.07, 6.45) is -2.15. The normalized spacial score (nSPS) is 13.6. The smallest absolute Gasteiger partial charge is 0.105 e. The topological polar surface area (TPSA) is 89.2 Å². The summed E-state index contributed by atoms with van der Waals surface area (Å²) < 4.78 is 0. The van der Waals surface area contributed by atoms with Gasteiger partial charge in [0.05, 0.1) is 12.6 Å². The summed E-state index contributed by atoms with van der Waals surface area (Å²) in [7, 11) is 0. The molecule has 0 aliphatic rings. The van der Waals surface area contributed by atoms with Crippen molar-refractivity contribution in [2.24, 2.45) is 5.11 Å². The summed E-state index contributed by atoms with van der Waals surface area (Å²) in [4.78, 5) is 2.53. The zero-order valence-electron chi connectivity index (χ0n) is 9.61. The maximum Gasteiger partial charge on any atom is 0.105 e. The van der Waals surface area contributed by atoms with Gasteiger partial charge in [-0.25, -0.2) is 0 Å². The van der Waals surface area contributed by atoms with Gasteiger partial charge < -0.3 is 10.2 Å². The molecule has 1 aromatic rings. The van der Waals surface area contributed by atoms with Crippen LogP contribution in [-0.2, 0) is 0 Å². The van der Waals surface area contributed by atoms with Crippen molar-refractivity contribution in [1.29, 1.82) is 0 Å². The Kier molecular flexibility index (Phi) is 4.72. The van der Waals surface area contributed by atoms with Gasteiger partial charge >= 0.3 is 0 Å². The molecule has 0 spiro atoms. The van der Waals surface area contributed by atoms with Gasteiger partial charge in [0.15, 0.2) is 0 Å². The van der Waals surface area contributed by atoms with Crippen LogP contribution in [0.2, 0.25) is 0 Å². The van der Waals surface area contributed by atoms with E-state index in [9.17, 15) is 10.2 Å². The molecule has 0 bridgehead atoms. The minimum atomic E-state index is -1.10. The van der Waals surface area contributed by atoms with Gasteiger partial charge in [0.25, 0.3) is 0 Å². The summed E-state index contributed by atoms with van der Waals surface area (Å²) in [5.74, 6) is 0. The van der Waals surface area contributed by atoms with Gasteiger partial charge in [-0.3, -0.25) is 0 Å². The number of benzene rings is 1. The van der Waals surface area contributed by atoms with Crippen LogP contribution in [0.3, 0.4) is 0 Å². The lowest BCUT2D eigenvalue weighted by molar-refractivity contribution is 0.0244. The third-order valence-electron chi connectivity index (χ3n) is 2.44. The number of rotatable bonds is 5. The van der Waals surface area contributed by atoms with Crippen molar-refractivity contribution >= 4 is 5.57 Å². The summed E-state index contributed by atoms with van der Waals surface area (Å²) in [6.45, 7) is 5.55. The van der Waals surface area contributed by atoms with Crippen LogP contribution in [0.4, 0.5) is 0 Å². The standard InChI is InChI=1S/C12H15N3O2/c1-8(2)9-3-5-10(6-4-9)12(17)11(16)7-14-15-13/h3-6,11-12,16-17H,1,7H2,2H3. The fraction of sp³-hybridized carbons (Fsp3) is 0.333. The zero-order valence-corrected chi connectivity index (χ0v) is 9.61. The predicted molar refractivity (Wildman–Crippen MR) is 66.1 cm³/mol. The van der Waals surface area contributed by atoms with E-state index in [1.54, 1.807) is 12.1 Å². The van der Waals surface area contributed by atoms with Gasteiger partial charge in [0.2, 0.25) is 0 Å². The van der Waals surface area contributed by atoms with E-state index >= 15 is 0 Å². The van der Waals surface area contributed by atoms with Crippen LogP contribution in [0.5, 0.6) is 0 Å². The van der Waals surface area contributed by atoms with Crippen LogP contribution in [0, 0.1) is 0 Å². The first-order valence-corrected chi connectivity index (χ1v) is 5.19. The Morgan fingerprint density at radius 3 is 2.47 bits per heavy atom. The van der Waals surface area contributed by atoms with Crippen molar-refractivity contribution in [3.8, 4) is 0 Å². The van der Waals surface area contributed by atoms with Gasteiger partial charge in [-0.05, 0) is 23.6 Å². The molecule has 0 heterocycles. The molecule has 0 aliphatic carbocycles. The first kappa shape index (κ1) is 13.3. The molecule has 0 saturated carbocycles. The average Bonchev–Trinajstić information content (AvgIpc) is 2.35. The molecule has 0 radical (unpaired) electrons. The van der Waals surface area contributed by atoms with E-state index in [0.29, 0.717) is 5.56 Å². The Morgan fingerprint density at radius 2 is 2.00 bits per heavy atom. The third-order valence-corrected chi connectivity index (χ3v) is 2.44. The van der Waals surface area contributed by atoms with Crippen LogP contribution in [0.15, 0.2) is 36.0 Å². The molecule has 2 atom stereocenters. The number of hydrogen-bond donors (Lipinski definition) is 2. The Labute approximate surface area is 99.7 Å². The molecule has 1 aromatic carbocycles. The largest absolute Gasteiger partial charge is 0.390 e. The lowest BCUT2D eigenvalue weighted by atomic mass is 10.0. The van der Waals surface area contributed by atoms with Crippen molar-refractivity contribution in [1.82, 2.24) is 0 Å². The van der Waals surface area contributed by atoms with Crippen molar-refractivity contribution in [2.75, 3.05) is 6.54 Å². The Morgan fingerprint density at radius 1 is 1.41 bits per heavy atom. The molecular weight excluding hydrogens is 218 g/mol. The summed E-state index contributed by atoms with van der Waals surface area (Å²) in [5.41, 5.74) is 10.6.